The number of aliphatic hydroxyl groups excluding tert-OH is 1. The van der Waals surface area contributed by atoms with E-state index in [1.54, 1.807) is 12.1 Å². The van der Waals surface area contributed by atoms with Gasteiger partial charge in [0.1, 0.15) is 5.75 Å². The van der Waals surface area contributed by atoms with Gasteiger partial charge in [0.15, 0.2) is 0 Å². The van der Waals surface area contributed by atoms with Crippen LogP contribution >= 0.6 is 0 Å². The first kappa shape index (κ1) is 15.5. The van der Waals surface area contributed by atoms with E-state index in [1.807, 2.05) is 12.1 Å². The first-order valence-electron chi connectivity index (χ1n) is 6.88. The molecule has 1 amide bonds. The number of hydrogen-bond donors (Lipinski definition) is 3. The Kier molecular flexibility index (Phi) is 7.66. The number of benzene rings is 1. The van der Waals surface area contributed by atoms with Crippen molar-refractivity contribution in [1.29, 1.82) is 0 Å². The molecule has 0 aromatic heterocycles. The van der Waals surface area contributed by atoms with Gasteiger partial charge in [-0.15, -0.1) is 0 Å². The van der Waals surface area contributed by atoms with Gasteiger partial charge >= 0.3 is 0 Å². The number of nitrogens with one attached hydrogen (secondary N) is 1. The Labute approximate surface area is 114 Å². The van der Waals surface area contributed by atoms with E-state index in [0.29, 0.717) is 19.4 Å². The number of hydrogen-bond acceptors (Lipinski definition) is 3. The van der Waals surface area contributed by atoms with Gasteiger partial charge in [0.25, 0.3) is 0 Å². The van der Waals surface area contributed by atoms with E-state index in [0.717, 1.165) is 31.2 Å². The summed E-state index contributed by atoms with van der Waals surface area (Å²) in [7, 11) is 0. The Bertz CT molecular complexity index is 362. The molecule has 4 heteroatoms. The number of amides is 1. The normalized spacial score (nSPS) is 10.4. The number of phenols is 1. The molecule has 0 aliphatic heterocycles. The van der Waals surface area contributed by atoms with E-state index >= 15 is 0 Å². The van der Waals surface area contributed by atoms with Crippen molar-refractivity contribution in [1.82, 2.24) is 5.32 Å². The Hall–Kier alpha value is -1.55. The van der Waals surface area contributed by atoms with Gasteiger partial charge in [-0.05, 0) is 37.0 Å². The van der Waals surface area contributed by atoms with Gasteiger partial charge < -0.3 is 15.5 Å². The second-order valence-electron chi connectivity index (χ2n) is 4.65. The predicted molar refractivity (Wildman–Crippen MR) is 75.0 cm³/mol. The van der Waals surface area contributed by atoms with Crippen LogP contribution in [0.1, 0.15) is 37.7 Å². The molecular formula is C15H23NO3. The number of rotatable bonds is 9. The molecule has 0 atom stereocenters. The van der Waals surface area contributed by atoms with Crippen LogP contribution in [0.2, 0.25) is 0 Å². The van der Waals surface area contributed by atoms with E-state index in [1.165, 1.54) is 0 Å². The molecule has 1 rings (SSSR count). The van der Waals surface area contributed by atoms with Crippen molar-refractivity contribution in [3.05, 3.63) is 29.8 Å². The van der Waals surface area contributed by atoms with E-state index in [2.05, 4.69) is 5.32 Å². The summed E-state index contributed by atoms with van der Waals surface area (Å²) in [5, 5.41) is 20.7. The third kappa shape index (κ3) is 7.47. The molecule has 4 nitrogen and oxygen atoms in total. The molecule has 0 saturated carbocycles. The SMILES string of the molecule is O=C(CCc1ccc(O)cc1)NCCCCCCO. The third-order valence-corrected chi connectivity index (χ3v) is 2.98. The van der Waals surface area contributed by atoms with Crippen LogP contribution in [0.25, 0.3) is 0 Å². The summed E-state index contributed by atoms with van der Waals surface area (Å²) < 4.78 is 0. The minimum Gasteiger partial charge on any atom is -0.508 e. The Balaban J connectivity index is 2.06. The van der Waals surface area contributed by atoms with Crippen LogP contribution in [0.3, 0.4) is 0 Å². The van der Waals surface area contributed by atoms with Crippen LogP contribution in [0.5, 0.6) is 5.75 Å². The van der Waals surface area contributed by atoms with Gasteiger partial charge in [-0.3, -0.25) is 4.79 Å². The smallest absolute Gasteiger partial charge is 0.220 e. The summed E-state index contributed by atoms with van der Waals surface area (Å²) in [6.45, 7) is 0.957. The van der Waals surface area contributed by atoms with Crippen LogP contribution in [0.15, 0.2) is 24.3 Å². The molecule has 0 heterocycles. The van der Waals surface area contributed by atoms with Crippen molar-refractivity contribution in [2.75, 3.05) is 13.2 Å². The molecule has 0 radical (unpaired) electrons. The summed E-state index contributed by atoms with van der Waals surface area (Å²) >= 11 is 0. The zero-order valence-electron chi connectivity index (χ0n) is 11.3. The molecule has 0 fully saturated rings. The summed E-state index contributed by atoms with van der Waals surface area (Å²) in [6, 6.07) is 6.93. The van der Waals surface area contributed by atoms with Crippen LogP contribution < -0.4 is 5.32 Å². The van der Waals surface area contributed by atoms with Crippen molar-refractivity contribution in [2.24, 2.45) is 0 Å². The molecule has 19 heavy (non-hydrogen) atoms. The van der Waals surface area contributed by atoms with Gasteiger partial charge in [0.2, 0.25) is 5.91 Å². The molecule has 0 saturated heterocycles. The molecule has 1 aromatic carbocycles. The van der Waals surface area contributed by atoms with E-state index < -0.39 is 0 Å². The van der Waals surface area contributed by atoms with Crippen molar-refractivity contribution in [3.63, 3.8) is 0 Å². The zero-order chi connectivity index (χ0) is 13.9. The maximum Gasteiger partial charge on any atom is 0.220 e. The summed E-state index contributed by atoms with van der Waals surface area (Å²) in [4.78, 5) is 11.6. The lowest BCUT2D eigenvalue weighted by molar-refractivity contribution is -0.121. The second-order valence-corrected chi connectivity index (χ2v) is 4.65. The van der Waals surface area contributed by atoms with Crippen LogP contribution in [-0.4, -0.2) is 29.3 Å². The number of unbranched alkanes of at least 4 members (excludes halogenated alkanes) is 3. The van der Waals surface area contributed by atoms with Gasteiger partial charge in [-0.2, -0.15) is 0 Å². The number of aromatic hydroxyl groups is 1. The molecule has 1 aromatic rings. The number of phenolic OH excluding ortho intramolecular Hbond substituents is 1. The molecule has 0 unspecified atom stereocenters. The average Bonchev–Trinajstić information content (AvgIpc) is 2.42. The zero-order valence-corrected chi connectivity index (χ0v) is 11.3. The number of carbonyl (C=O) groups excluding carboxylic acids is 1. The van der Waals surface area contributed by atoms with E-state index in [9.17, 15) is 4.79 Å². The molecule has 3 N–H and O–H groups in total. The lowest BCUT2D eigenvalue weighted by Crippen LogP contribution is -2.24. The van der Waals surface area contributed by atoms with E-state index in [4.69, 9.17) is 10.2 Å². The van der Waals surface area contributed by atoms with Gasteiger partial charge in [-0.1, -0.05) is 25.0 Å². The Morgan fingerprint density at radius 2 is 1.74 bits per heavy atom. The number of aryl methyl sites for hydroxylation is 1. The molecule has 0 bridgehead atoms. The fraction of sp³-hybridized carbons (Fsp3) is 0.533. The lowest BCUT2D eigenvalue weighted by atomic mass is 10.1. The van der Waals surface area contributed by atoms with Crippen molar-refractivity contribution in [2.45, 2.75) is 38.5 Å². The monoisotopic (exact) mass is 265 g/mol. The first-order chi connectivity index (χ1) is 9.22. The largest absolute Gasteiger partial charge is 0.508 e. The fourth-order valence-corrected chi connectivity index (χ4v) is 1.83. The average molecular weight is 265 g/mol. The summed E-state index contributed by atoms with van der Waals surface area (Å²) in [5.41, 5.74) is 1.05. The Morgan fingerprint density at radius 3 is 2.42 bits per heavy atom. The van der Waals surface area contributed by atoms with Gasteiger partial charge in [0.05, 0.1) is 0 Å². The van der Waals surface area contributed by atoms with Crippen LogP contribution in [0, 0.1) is 0 Å². The highest BCUT2D eigenvalue weighted by atomic mass is 16.3. The molecule has 0 spiro atoms. The number of carbonyl (C=O) groups is 1. The number of aliphatic hydroxyl groups is 1. The van der Waals surface area contributed by atoms with E-state index in [-0.39, 0.29) is 18.3 Å². The highest BCUT2D eigenvalue weighted by Gasteiger charge is 2.01. The molecular weight excluding hydrogens is 242 g/mol. The highest BCUT2D eigenvalue weighted by Crippen LogP contribution is 2.10. The van der Waals surface area contributed by atoms with Crippen molar-refractivity contribution in [3.8, 4) is 5.75 Å². The lowest BCUT2D eigenvalue weighted by Gasteiger charge is -2.05. The third-order valence-electron chi connectivity index (χ3n) is 2.98. The fourth-order valence-electron chi connectivity index (χ4n) is 1.83. The topological polar surface area (TPSA) is 69.6 Å². The maximum absolute atomic E-state index is 11.6. The quantitative estimate of drug-likeness (QED) is 0.598. The minimum absolute atomic E-state index is 0.0650. The first-order valence-corrected chi connectivity index (χ1v) is 6.88. The summed E-state index contributed by atoms with van der Waals surface area (Å²) in [5.74, 6) is 0.311. The molecule has 0 aliphatic carbocycles. The highest BCUT2D eigenvalue weighted by molar-refractivity contribution is 5.76. The van der Waals surface area contributed by atoms with Crippen molar-refractivity contribution < 1.29 is 15.0 Å². The molecule has 106 valence electrons. The Morgan fingerprint density at radius 1 is 1.05 bits per heavy atom. The standard InChI is InChI=1S/C15H23NO3/c17-12-4-2-1-3-11-16-15(19)10-7-13-5-8-14(18)9-6-13/h5-6,8-9,17-18H,1-4,7,10-12H2,(H,16,19). The van der Waals surface area contributed by atoms with Crippen LogP contribution in [-0.2, 0) is 11.2 Å². The minimum atomic E-state index is 0.0650. The summed E-state index contributed by atoms with van der Waals surface area (Å²) in [6.07, 6.45) is 5.02. The second kappa shape index (κ2) is 9.39. The predicted octanol–water partition coefficient (Wildman–Crippen LogP) is 1.99. The van der Waals surface area contributed by atoms with Gasteiger partial charge in [0, 0.05) is 19.6 Å². The van der Waals surface area contributed by atoms with Crippen LogP contribution in [0.4, 0.5) is 0 Å². The maximum atomic E-state index is 11.6. The van der Waals surface area contributed by atoms with Crippen molar-refractivity contribution >= 4 is 5.91 Å². The molecule has 0 aliphatic rings. The van der Waals surface area contributed by atoms with Gasteiger partial charge in [-0.25, -0.2) is 0 Å².